The third kappa shape index (κ3) is 14.9. The smallest absolute Gasteiger partial charge is 0.277 e. The van der Waals surface area contributed by atoms with Gasteiger partial charge in [0, 0.05) is 76.9 Å². The highest BCUT2D eigenvalue weighted by molar-refractivity contribution is 5.97. The molecule has 8 N–H and O–H groups in total. The standard InChI is InChI=1S/C52H64N8O9/c1-59(68-2)50(66)40-19-17-39(18-20-40)38-15-13-36(14-16-38)31-44-49(65)56-34-42-12-7-6-11-41(42)32-46(62)57-43(48(64)55-27-30-69-29-25-53)23-26-54-45(61)21-22-47(63)60-28-8-24-52(35-60,51(67)58-44)33-37-9-4-3-5-10-37/h3-7,9-22,43-44,46,57,62H,8,23-35,53H2,1-2H3,(H,54,61)(H,55,64)(H,56,65)(H,58,67)/b22-21+/t43-,44-,46?,52-/m0/s1. The normalized spacial score (nSPS) is 21.3. The Morgan fingerprint density at radius 2 is 1.57 bits per heavy atom. The van der Waals surface area contributed by atoms with Crippen LogP contribution in [-0.2, 0) is 59.4 Å². The Balaban J connectivity index is 1.30. The van der Waals surface area contributed by atoms with Crippen molar-refractivity contribution < 1.29 is 43.4 Å². The predicted octanol–water partition coefficient (Wildman–Crippen LogP) is 2.17. The SMILES string of the molecule is CON(C)C(=O)c1ccc(-c2ccc(C[C@@H]3NC(=O)[C@]4(Cc5ccccc5)CCCN(C4)C(=O)/C=C/C(=O)NCC[C@@H](C(=O)NCCOCCN)NC(O)Cc4ccccc4CNC3=O)cc2)cc1. The number of amides is 6. The number of piperidine rings is 1. The summed E-state index contributed by atoms with van der Waals surface area (Å²) in [5.74, 6) is -2.52. The van der Waals surface area contributed by atoms with Crippen molar-refractivity contribution in [2.45, 2.75) is 63.4 Å². The average molecular weight is 945 g/mol. The van der Waals surface area contributed by atoms with E-state index in [0.717, 1.165) is 33.4 Å². The van der Waals surface area contributed by atoms with Crippen molar-refractivity contribution in [3.8, 4) is 11.1 Å². The molecule has 17 nitrogen and oxygen atoms in total. The van der Waals surface area contributed by atoms with Crippen LogP contribution in [0.5, 0.6) is 0 Å². The van der Waals surface area contributed by atoms with Gasteiger partial charge < -0.3 is 41.7 Å². The van der Waals surface area contributed by atoms with Gasteiger partial charge in [-0.1, -0.05) is 91.0 Å². The average Bonchev–Trinajstić information content (AvgIpc) is 3.36. The molecule has 1 unspecified atom stereocenters. The Morgan fingerprint density at radius 1 is 0.870 bits per heavy atom. The molecule has 0 aliphatic carbocycles. The first-order valence-electron chi connectivity index (χ1n) is 23.3. The number of hydrogen-bond donors (Lipinski definition) is 7. The molecule has 4 aromatic carbocycles. The molecular formula is C52H64N8O9. The molecule has 4 aromatic rings. The van der Waals surface area contributed by atoms with Crippen LogP contribution in [0.4, 0.5) is 0 Å². The number of ether oxygens (including phenoxy) is 1. The molecule has 0 saturated carbocycles. The van der Waals surface area contributed by atoms with Gasteiger partial charge in [-0.3, -0.25) is 38.9 Å². The van der Waals surface area contributed by atoms with E-state index < -0.39 is 47.4 Å². The summed E-state index contributed by atoms with van der Waals surface area (Å²) in [6.07, 6.45) is 2.64. The summed E-state index contributed by atoms with van der Waals surface area (Å²) in [6, 6.07) is 29.6. The number of nitrogens with zero attached hydrogens (tertiary/aromatic N) is 2. The molecule has 0 aromatic heterocycles. The van der Waals surface area contributed by atoms with E-state index in [1.54, 1.807) is 17.0 Å². The minimum Gasteiger partial charge on any atom is -0.378 e. The summed E-state index contributed by atoms with van der Waals surface area (Å²) in [6.45, 7) is 1.63. The zero-order chi connectivity index (χ0) is 49.2. The van der Waals surface area contributed by atoms with E-state index in [1.807, 2.05) is 91.0 Å². The number of carbonyl (C=O) groups excluding carboxylic acids is 6. The lowest BCUT2D eigenvalue weighted by Gasteiger charge is -2.42. The van der Waals surface area contributed by atoms with E-state index in [4.69, 9.17) is 15.3 Å². The van der Waals surface area contributed by atoms with Crippen molar-refractivity contribution in [1.82, 2.24) is 36.5 Å². The Bertz CT molecular complexity index is 2400. The van der Waals surface area contributed by atoms with Crippen LogP contribution in [0.1, 0.15) is 51.9 Å². The molecule has 0 spiro atoms. The summed E-state index contributed by atoms with van der Waals surface area (Å²) < 4.78 is 5.39. The zero-order valence-electron chi connectivity index (χ0n) is 39.3. The van der Waals surface area contributed by atoms with Crippen molar-refractivity contribution >= 4 is 35.4 Å². The van der Waals surface area contributed by atoms with Gasteiger partial charge in [0.2, 0.25) is 29.5 Å². The van der Waals surface area contributed by atoms with Crippen LogP contribution >= 0.6 is 0 Å². The fourth-order valence-corrected chi connectivity index (χ4v) is 8.61. The zero-order valence-corrected chi connectivity index (χ0v) is 39.3. The van der Waals surface area contributed by atoms with E-state index in [-0.39, 0.29) is 63.9 Å². The Kier molecular flexibility index (Phi) is 19.1. The largest absolute Gasteiger partial charge is 0.378 e. The molecule has 17 heteroatoms. The number of nitrogens with one attached hydrogen (secondary N) is 5. The third-order valence-electron chi connectivity index (χ3n) is 12.4. The molecule has 2 heterocycles. The van der Waals surface area contributed by atoms with Crippen molar-refractivity contribution in [1.29, 1.82) is 0 Å². The van der Waals surface area contributed by atoms with Gasteiger partial charge in [0.15, 0.2) is 0 Å². The van der Waals surface area contributed by atoms with Gasteiger partial charge >= 0.3 is 0 Å². The molecule has 69 heavy (non-hydrogen) atoms. The van der Waals surface area contributed by atoms with E-state index >= 15 is 0 Å². The molecule has 4 atom stereocenters. The Labute approximate surface area is 403 Å². The molecule has 2 aliphatic heterocycles. The summed E-state index contributed by atoms with van der Waals surface area (Å²) in [5.41, 5.74) is 9.67. The number of hydrogen-bond acceptors (Lipinski definition) is 11. The molecule has 6 rings (SSSR count). The van der Waals surface area contributed by atoms with Gasteiger partial charge in [0.1, 0.15) is 12.3 Å². The van der Waals surface area contributed by atoms with E-state index in [1.165, 1.54) is 20.2 Å². The van der Waals surface area contributed by atoms with Crippen LogP contribution < -0.4 is 32.3 Å². The van der Waals surface area contributed by atoms with Crippen LogP contribution in [0.3, 0.4) is 0 Å². The number of benzene rings is 4. The highest BCUT2D eigenvalue weighted by Crippen LogP contribution is 2.35. The van der Waals surface area contributed by atoms with Gasteiger partial charge in [-0.2, -0.15) is 0 Å². The number of carbonyl (C=O) groups is 6. The van der Waals surface area contributed by atoms with Gasteiger partial charge in [0.05, 0.1) is 31.8 Å². The second kappa shape index (κ2) is 25.6. The first-order valence-corrected chi connectivity index (χ1v) is 23.3. The van der Waals surface area contributed by atoms with Gasteiger partial charge in [0.25, 0.3) is 5.91 Å². The number of hydroxylamine groups is 2. The number of fused-ring (bicyclic) bond motifs is 3. The van der Waals surface area contributed by atoms with Crippen LogP contribution in [0.2, 0.25) is 0 Å². The summed E-state index contributed by atoms with van der Waals surface area (Å²) in [5, 5.41) is 27.2. The van der Waals surface area contributed by atoms with Gasteiger partial charge in [-0.25, -0.2) is 5.06 Å². The summed E-state index contributed by atoms with van der Waals surface area (Å²) in [7, 11) is 2.96. The summed E-state index contributed by atoms with van der Waals surface area (Å²) in [4.78, 5) is 88.8. The lowest BCUT2D eigenvalue weighted by molar-refractivity contribution is -0.141. The molecule has 2 aliphatic rings. The molecule has 366 valence electrons. The number of aliphatic hydroxyl groups is 1. The molecule has 1 fully saturated rings. The van der Waals surface area contributed by atoms with E-state index in [0.29, 0.717) is 55.6 Å². The monoisotopic (exact) mass is 944 g/mol. The maximum Gasteiger partial charge on any atom is 0.277 e. The highest BCUT2D eigenvalue weighted by atomic mass is 16.7. The van der Waals surface area contributed by atoms with E-state index in [9.17, 15) is 33.9 Å². The van der Waals surface area contributed by atoms with Crippen LogP contribution in [-0.4, -0.2) is 129 Å². The molecule has 6 amide bonds. The maximum absolute atomic E-state index is 15.0. The molecule has 0 radical (unpaired) electrons. The first kappa shape index (κ1) is 51.6. The quantitative estimate of drug-likeness (QED) is 0.0759. The fraction of sp³-hybridized carbons (Fsp3) is 0.385. The van der Waals surface area contributed by atoms with Crippen LogP contribution in [0.15, 0.2) is 115 Å². The second-order valence-corrected chi connectivity index (χ2v) is 17.3. The van der Waals surface area contributed by atoms with Crippen molar-refractivity contribution in [3.05, 3.63) is 143 Å². The van der Waals surface area contributed by atoms with Crippen LogP contribution in [0.25, 0.3) is 11.1 Å². The highest BCUT2D eigenvalue weighted by Gasteiger charge is 2.44. The van der Waals surface area contributed by atoms with Gasteiger partial charge in [-0.05, 0) is 71.2 Å². The molecule has 2 bridgehead atoms. The van der Waals surface area contributed by atoms with Crippen LogP contribution in [0, 0.1) is 5.41 Å². The lowest BCUT2D eigenvalue weighted by Crippen LogP contribution is -2.58. The molecular weight excluding hydrogens is 881 g/mol. The fourth-order valence-electron chi connectivity index (χ4n) is 8.61. The van der Waals surface area contributed by atoms with Crippen molar-refractivity contribution in [2.24, 2.45) is 11.1 Å². The lowest BCUT2D eigenvalue weighted by atomic mass is 9.74. The van der Waals surface area contributed by atoms with E-state index in [2.05, 4.69) is 26.6 Å². The maximum atomic E-state index is 15.0. The second-order valence-electron chi connectivity index (χ2n) is 17.3. The number of nitrogens with two attached hydrogens (primary N) is 1. The number of aliphatic hydroxyl groups excluding tert-OH is 1. The number of rotatable bonds is 13. The third-order valence-corrected chi connectivity index (χ3v) is 12.4. The molecule has 1 saturated heterocycles. The first-order chi connectivity index (χ1) is 33.4. The van der Waals surface area contributed by atoms with Crippen molar-refractivity contribution in [3.63, 3.8) is 0 Å². The Hall–Kier alpha value is -6.76. The van der Waals surface area contributed by atoms with Crippen molar-refractivity contribution in [2.75, 3.05) is 60.1 Å². The van der Waals surface area contributed by atoms with Gasteiger partial charge in [-0.15, -0.1) is 0 Å². The minimum atomic E-state index is -1.21. The Morgan fingerprint density at radius 3 is 2.28 bits per heavy atom. The topological polar surface area (TPSA) is 234 Å². The minimum absolute atomic E-state index is 0.0433. The predicted molar refractivity (Wildman–Crippen MR) is 260 cm³/mol. The summed E-state index contributed by atoms with van der Waals surface area (Å²) >= 11 is 0.